The van der Waals surface area contributed by atoms with E-state index in [0.717, 1.165) is 38.5 Å². The van der Waals surface area contributed by atoms with Gasteiger partial charge in [-0.15, -0.1) is 0 Å². The Balaban J connectivity index is 4.97. The molecule has 25 atom stereocenters. The highest BCUT2D eigenvalue weighted by molar-refractivity contribution is 4.91. The molecule has 0 aromatic carbocycles. The van der Waals surface area contributed by atoms with Gasteiger partial charge in [-0.1, -0.05) is 86.5 Å². The highest BCUT2D eigenvalue weighted by Gasteiger charge is 2.41. The van der Waals surface area contributed by atoms with Crippen molar-refractivity contribution in [2.24, 2.45) is 29.6 Å². The number of hydrogen-bond donors (Lipinski definition) is 21. The Labute approximate surface area is 415 Å². The van der Waals surface area contributed by atoms with Crippen LogP contribution in [-0.4, -0.2) is 236 Å². The van der Waals surface area contributed by atoms with Gasteiger partial charge in [0.15, 0.2) is 0 Å². The first-order valence-electron chi connectivity index (χ1n) is 25.7. The summed E-state index contributed by atoms with van der Waals surface area (Å²) in [7, 11) is 0. The number of aliphatic hydroxyl groups excluding tert-OH is 21. The summed E-state index contributed by atoms with van der Waals surface area (Å²) in [5.74, 6) is -2.71. The monoisotopic (exact) mass is 1020 g/mol. The summed E-state index contributed by atoms with van der Waals surface area (Å²) in [4.78, 5) is 0. The maximum Gasteiger partial charge on any atom is 0.111 e. The molecule has 0 radical (unpaired) electrons. The van der Waals surface area contributed by atoms with Crippen LogP contribution in [0.3, 0.4) is 0 Å². The van der Waals surface area contributed by atoms with Gasteiger partial charge in [0.1, 0.15) is 36.6 Å². The lowest BCUT2D eigenvalue weighted by Crippen LogP contribution is -2.53. The van der Waals surface area contributed by atoms with Crippen LogP contribution in [0.4, 0.5) is 0 Å². The Hall–Kier alpha value is -0.840. The van der Waals surface area contributed by atoms with E-state index in [4.69, 9.17) is 0 Å². The van der Waals surface area contributed by atoms with Crippen molar-refractivity contribution in [3.8, 4) is 0 Å². The van der Waals surface area contributed by atoms with Crippen molar-refractivity contribution < 1.29 is 107 Å². The highest BCUT2D eigenvalue weighted by atomic mass is 16.4. The normalized spacial score (nSPS) is 23.5. The largest absolute Gasteiger partial charge is 0.396 e. The molecule has 21 N–H and O–H groups in total. The van der Waals surface area contributed by atoms with E-state index in [0.29, 0.717) is 19.3 Å². The fourth-order valence-corrected chi connectivity index (χ4v) is 9.14. The minimum Gasteiger partial charge on any atom is -0.396 e. The first kappa shape index (κ1) is 69.2. The second kappa shape index (κ2) is 36.2. The van der Waals surface area contributed by atoms with Gasteiger partial charge in [-0.05, 0) is 56.8 Å². The Morgan fingerprint density at radius 1 is 0.257 bits per heavy atom. The van der Waals surface area contributed by atoms with Crippen LogP contribution in [0, 0.1) is 29.6 Å². The van der Waals surface area contributed by atoms with Gasteiger partial charge in [-0.2, -0.15) is 0 Å². The summed E-state index contributed by atoms with van der Waals surface area (Å²) in [6, 6.07) is 0. The van der Waals surface area contributed by atoms with Crippen LogP contribution in [0.5, 0.6) is 0 Å². The Morgan fingerprint density at radius 3 is 1.00 bits per heavy atom. The molecule has 0 aliphatic carbocycles. The zero-order valence-corrected chi connectivity index (χ0v) is 42.6. The van der Waals surface area contributed by atoms with Crippen molar-refractivity contribution in [1.82, 2.24) is 0 Å². The first-order valence-corrected chi connectivity index (χ1v) is 25.7. The number of hydrogen-bond acceptors (Lipinski definition) is 21. The van der Waals surface area contributed by atoms with E-state index in [1.165, 1.54) is 20.8 Å². The van der Waals surface area contributed by atoms with Crippen molar-refractivity contribution >= 4 is 0 Å². The summed E-state index contributed by atoms with van der Waals surface area (Å²) >= 11 is 0. The minimum absolute atomic E-state index is 0.0110. The fraction of sp³-hybridized carbons (Fsp3) is 1.00. The molecule has 0 aromatic heterocycles. The molecule has 0 bridgehead atoms. The molecule has 422 valence electrons. The van der Waals surface area contributed by atoms with Crippen LogP contribution < -0.4 is 0 Å². The fourth-order valence-electron chi connectivity index (χ4n) is 9.14. The predicted octanol–water partition coefficient (Wildman–Crippen LogP) is -2.97. The Kier molecular flexibility index (Phi) is 35.8. The van der Waals surface area contributed by atoms with Crippen LogP contribution in [0.25, 0.3) is 0 Å². The second-order valence-corrected chi connectivity index (χ2v) is 21.1. The topological polar surface area (TPSA) is 425 Å². The zero-order chi connectivity index (χ0) is 54.2. The van der Waals surface area contributed by atoms with E-state index in [9.17, 15) is 107 Å². The molecule has 18 unspecified atom stereocenters. The summed E-state index contributed by atoms with van der Waals surface area (Å²) in [5, 5.41) is 220. The van der Waals surface area contributed by atoms with Crippen LogP contribution in [0.15, 0.2) is 0 Å². The van der Waals surface area contributed by atoms with Gasteiger partial charge >= 0.3 is 0 Å². The lowest BCUT2D eigenvalue weighted by molar-refractivity contribution is -0.161. The van der Waals surface area contributed by atoms with Crippen molar-refractivity contribution in [3.05, 3.63) is 0 Å². The molecule has 0 heterocycles. The SMILES string of the molecule is CCCCCCCCC[C@@H](O)CC(O)[C@@H](O)[C@@H](O)[C@H](O)[C@H](O)CC(O)C(O)C(O)C(O)C(O)CC(O)CC(O)CC(O)CC(O)C(C)C(O)C(C)C(O)CC(O)C(C)C(O)C(O)C[C@H](C)C[C@H](C)CO. The van der Waals surface area contributed by atoms with Crippen LogP contribution in [0.2, 0.25) is 0 Å². The third-order valence-corrected chi connectivity index (χ3v) is 14.3. The van der Waals surface area contributed by atoms with Gasteiger partial charge in [0.2, 0.25) is 0 Å². The molecular formula is C49H100O21. The molecule has 0 saturated carbocycles. The van der Waals surface area contributed by atoms with E-state index in [1.807, 2.05) is 13.8 Å². The van der Waals surface area contributed by atoms with Crippen molar-refractivity contribution in [3.63, 3.8) is 0 Å². The summed E-state index contributed by atoms with van der Waals surface area (Å²) in [6.07, 6.45) is -29.5. The summed E-state index contributed by atoms with van der Waals surface area (Å²) in [6.45, 7) is 10.3. The van der Waals surface area contributed by atoms with Crippen molar-refractivity contribution in [2.45, 2.75) is 273 Å². The van der Waals surface area contributed by atoms with Crippen molar-refractivity contribution in [1.29, 1.82) is 0 Å². The van der Waals surface area contributed by atoms with Crippen LogP contribution in [0.1, 0.15) is 151 Å². The first-order chi connectivity index (χ1) is 32.5. The van der Waals surface area contributed by atoms with E-state index in [2.05, 4.69) is 6.92 Å². The number of unbranched alkanes of at least 4 members (excludes halogenated alkanes) is 6. The molecule has 0 saturated heterocycles. The average Bonchev–Trinajstić information content (AvgIpc) is 3.30. The molecular weight excluding hydrogens is 925 g/mol. The van der Waals surface area contributed by atoms with Gasteiger partial charge in [-0.25, -0.2) is 0 Å². The Morgan fingerprint density at radius 2 is 0.571 bits per heavy atom. The van der Waals surface area contributed by atoms with Crippen molar-refractivity contribution in [2.75, 3.05) is 6.61 Å². The van der Waals surface area contributed by atoms with Crippen LogP contribution in [-0.2, 0) is 0 Å². The zero-order valence-electron chi connectivity index (χ0n) is 42.6. The summed E-state index contributed by atoms with van der Waals surface area (Å²) in [5.41, 5.74) is 0. The third-order valence-electron chi connectivity index (χ3n) is 14.3. The Bertz CT molecular complexity index is 1280. The lowest BCUT2D eigenvalue weighted by atomic mass is 9.80. The molecule has 0 aliphatic rings. The molecule has 70 heavy (non-hydrogen) atoms. The van der Waals surface area contributed by atoms with Crippen LogP contribution >= 0.6 is 0 Å². The van der Waals surface area contributed by atoms with E-state index in [1.54, 1.807) is 0 Å². The van der Waals surface area contributed by atoms with Gasteiger partial charge in [0.05, 0.1) is 85.5 Å². The molecule has 0 rings (SSSR count). The van der Waals surface area contributed by atoms with Gasteiger partial charge in [0.25, 0.3) is 0 Å². The quantitative estimate of drug-likeness (QED) is 0.0271. The van der Waals surface area contributed by atoms with Gasteiger partial charge in [-0.3, -0.25) is 0 Å². The van der Waals surface area contributed by atoms with Gasteiger partial charge < -0.3 is 107 Å². The highest BCUT2D eigenvalue weighted by Crippen LogP contribution is 2.29. The maximum atomic E-state index is 11.0. The average molecular weight is 1030 g/mol. The van der Waals surface area contributed by atoms with E-state index >= 15 is 0 Å². The standard InChI is InChI=1S/C49H100O21/c1-7-8-9-10-11-12-13-14-30(51)19-38(59)44(65)48(69)46(67)40(61)23-41(62)47(68)49(70)45(66)39(60)21-33(54)18-31(52)17-32(53)20-34(55)27(4)42(63)28(5)35(56)22-36(57)29(6)43(64)37(58)16-25(2)15-26(3)24-50/h25-70H,7-24H2,1-6H3/t25-,26+,27?,28?,29?,30-,31?,32?,33?,34?,35?,36?,37?,38?,39?,40-,41?,42?,43?,44-,45?,46-,47?,48-,49?/m1/s1. The van der Waals surface area contributed by atoms with E-state index in [-0.39, 0.29) is 44.1 Å². The lowest BCUT2D eigenvalue weighted by Gasteiger charge is -2.34. The third kappa shape index (κ3) is 26.1. The smallest absolute Gasteiger partial charge is 0.111 e. The number of rotatable bonds is 42. The molecule has 0 aliphatic heterocycles. The number of aliphatic hydroxyl groups is 21. The summed E-state index contributed by atoms with van der Waals surface area (Å²) < 4.78 is 0. The van der Waals surface area contributed by atoms with Gasteiger partial charge in [0, 0.05) is 43.6 Å². The predicted molar refractivity (Wildman–Crippen MR) is 257 cm³/mol. The maximum absolute atomic E-state index is 11.0. The molecule has 21 heteroatoms. The minimum atomic E-state index is -2.31. The second-order valence-electron chi connectivity index (χ2n) is 21.1. The molecule has 0 aromatic rings. The molecule has 21 nitrogen and oxygen atoms in total. The molecule has 0 amide bonds. The molecule has 0 spiro atoms. The van der Waals surface area contributed by atoms with E-state index < -0.39 is 166 Å². The molecule has 0 fully saturated rings.